The maximum atomic E-state index is 6.70. The molecule has 46 heavy (non-hydrogen) atoms. The molecular weight excluding hydrogens is 566 g/mol. The fourth-order valence-electron chi connectivity index (χ4n) is 7.49. The van der Waals surface area contributed by atoms with E-state index in [1.165, 1.54) is 33.4 Å². The van der Waals surface area contributed by atoms with Crippen LogP contribution in [-0.2, 0) is 5.41 Å². The van der Waals surface area contributed by atoms with Gasteiger partial charge in [0.15, 0.2) is 17.5 Å². The summed E-state index contributed by atoms with van der Waals surface area (Å²) in [6.07, 6.45) is 7.02. The van der Waals surface area contributed by atoms with Crippen LogP contribution in [0, 0.1) is 0 Å². The summed E-state index contributed by atoms with van der Waals surface area (Å²) in [5, 5.41) is 1.13. The lowest BCUT2D eigenvalue weighted by Crippen LogP contribution is -2.25. The van der Waals surface area contributed by atoms with Crippen molar-refractivity contribution in [1.82, 2.24) is 24.9 Å². The summed E-state index contributed by atoms with van der Waals surface area (Å²) in [6, 6.07) is 40.2. The first-order valence-corrected chi connectivity index (χ1v) is 15.2. The molecule has 0 amide bonds. The number of benzene rings is 4. The van der Waals surface area contributed by atoms with Crippen LogP contribution in [0.5, 0.6) is 0 Å². The number of hydrogen-bond donors (Lipinski definition) is 0. The van der Waals surface area contributed by atoms with Crippen LogP contribution in [0.1, 0.15) is 22.3 Å². The number of pyridine rings is 2. The van der Waals surface area contributed by atoms with Gasteiger partial charge in [0.1, 0.15) is 11.3 Å². The molecule has 6 nitrogen and oxygen atoms in total. The van der Waals surface area contributed by atoms with Crippen LogP contribution in [0.25, 0.3) is 67.6 Å². The van der Waals surface area contributed by atoms with Gasteiger partial charge in [-0.15, -0.1) is 0 Å². The Balaban J connectivity index is 1.28. The Morgan fingerprint density at radius 2 is 1.00 bits per heavy atom. The number of furan rings is 1. The fourth-order valence-corrected chi connectivity index (χ4v) is 7.49. The Kier molecular flexibility index (Phi) is 5.11. The van der Waals surface area contributed by atoms with Gasteiger partial charge in [0.25, 0.3) is 0 Å². The van der Waals surface area contributed by atoms with E-state index in [1.54, 1.807) is 24.8 Å². The smallest absolute Gasteiger partial charge is 0.164 e. The van der Waals surface area contributed by atoms with Crippen molar-refractivity contribution in [2.45, 2.75) is 5.41 Å². The molecule has 0 N–H and O–H groups in total. The van der Waals surface area contributed by atoms with E-state index in [9.17, 15) is 0 Å². The summed E-state index contributed by atoms with van der Waals surface area (Å²) in [5.41, 5.74) is 11.4. The number of rotatable bonds is 3. The lowest BCUT2D eigenvalue weighted by Gasteiger charge is -2.30. The maximum Gasteiger partial charge on any atom is 0.164 e. The third-order valence-electron chi connectivity index (χ3n) is 9.36. The zero-order valence-electron chi connectivity index (χ0n) is 24.4. The summed E-state index contributed by atoms with van der Waals surface area (Å²) in [5.74, 6) is 2.69. The van der Waals surface area contributed by atoms with Gasteiger partial charge in [-0.3, -0.25) is 9.97 Å². The van der Waals surface area contributed by atoms with Crippen LogP contribution in [-0.4, -0.2) is 24.9 Å². The monoisotopic (exact) mass is 589 g/mol. The molecule has 4 aromatic heterocycles. The maximum absolute atomic E-state index is 6.70. The molecule has 8 aromatic rings. The van der Waals surface area contributed by atoms with E-state index in [1.807, 2.05) is 30.3 Å². The molecule has 0 unspecified atom stereocenters. The number of nitrogens with zero attached hydrogens (tertiary/aromatic N) is 5. The van der Waals surface area contributed by atoms with E-state index in [2.05, 4.69) is 94.9 Å². The zero-order chi connectivity index (χ0) is 30.2. The number of para-hydroxylation sites is 1. The van der Waals surface area contributed by atoms with Crippen molar-refractivity contribution < 1.29 is 4.42 Å². The second-order valence-corrected chi connectivity index (χ2v) is 11.7. The van der Waals surface area contributed by atoms with Crippen LogP contribution in [0.2, 0.25) is 0 Å². The van der Waals surface area contributed by atoms with Crippen LogP contribution in [0.3, 0.4) is 0 Å². The van der Waals surface area contributed by atoms with Gasteiger partial charge in [0.05, 0.1) is 5.41 Å². The molecule has 10 rings (SSSR count). The Morgan fingerprint density at radius 1 is 0.457 bits per heavy atom. The minimum absolute atomic E-state index is 0.560. The summed E-state index contributed by atoms with van der Waals surface area (Å²) in [7, 11) is 0. The molecule has 0 atom stereocenters. The molecule has 2 aliphatic carbocycles. The third kappa shape index (κ3) is 3.32. The molecule has 0 aliphatic heterocycles. The van der Waals surface area contributed by atoms with Crippen molar-refractivity contribution in [3.05, 3.63) is 162 Å². The molecule has 4 heterocycles. The van der Waals surface area contributed by atoms with Crippen molar-refractivity contribution in [2.75, 3.05) is 0 Å². The lowest BCUT2D eigenvalue weighted by atomic mass is 9.70. The van der Waals surface area contributed by atoms with Gasteiger partial charge in [-0.05, 0) is 64.2 Å². The molecule has 0 saturated carbocycles. The van der Waals surface area contributed by atoms with E-state index in [0.717, 1.165) is 39.0 Å². The van der Waals surface area contributed by atoms with Crippen LogP contribution in [0.4, 0.5) is 0 Å². The van der Waals surface area contributed by atoms with Crippen molar-refractivity contribution in [3.63, 3.8) is 0 Å². The van der Waals surface area contributed by atoms with Gasteiger partial charge in [0, 0.05) is 58.0 Å². The number of hydrogen-bond acceptors (Lipinski definition) is 6. The van der Waals surface area contributed by atoms with E-state index in [-0.39, 0.29) is 0 Å². The van der Waals surface area contributed by atoms with Crippen molar-refractivity contribution in [2.24, 2.45) is 0 Å². The highest BCUT2D eigenvalue weighted by Gasteiger charge is 2.54. The summed E-state index contributed by atoms with van der Waals surface area (Å²) in [4.78, 5) is 23.3. The molecule has 1 spiro atoms. The predicted molar refractivity (Wildman–Crippen MR) is 178 cm³/mol. The molecular formula is C40H23N5O. The Morgan fingerprint density at radius 3 is 1.63 bits per heavy atom. The molecule has 0 fully saturated rings. The van der Waals surface area contributed by atoms with Crippen LogP contribution >= 0.6 is 0 Å². The van der Waals surface area contributed by atoms with Crippen molar-refractivity contribution in [3.8, 4) is 56.6 Å². The fraction of sp³-hybridized carbons (Fsp3) is 0.0250. The summed E-state index contributed by atoms with van der Waals surface area (Å²) < 4.78 is 6.70. The highest BCUT2D eigenvalue weighted by molar-refractivity contribution is 6.02. The van der Waals surface area contributed by atoms with Gasteiger partial charge in [0.2, 0.25) is 0 Å². The zero-order valence-corrected chi connectivity index (χ0v) is 24.4. The first kappa shape index (κ1) is 25.1. The minimum Gasteiger partial charge on any atom is -0.456 e. The Labute approximate surface area is 264 Å². The topological polar surface area (TPSA) is 77.6 Å². The third-order valence-corrected chi connectivity index (χ3v) is 9.36. The van der Waals surface area contributed by atoms with Gasteiger partial charge in [-0.25, -0.2) is 15.0 Å². The second kappa shape index (κ2) is 9.36. The normalized spacial score (nSPS) is 13.4. The molecule has 4 aromatic carbocycles. The molecule has 214 valence electrons. The second-order valence-electron chi connectivity index (χ2n) is 11.7. The summed E-state index contributed by atoms with van der Waals surface area (Å²) in [6.45, 7) is 0. The molecule has 2 aliphatic rings. The molecule has 6 heteroatoms. The van der Waals surface area contributed by atoms with Crippen molar-refractivity contribution in [1.29, 1.82) is 0 Å². The van der Waals surface area contributed by atoms with Crippen LogP contribution < -0.4 is 0 Å². The Hall–Kier alpha value is -6.27. The SMILES string of the molecule is c1ccc2c(c1)-c1ccccc1C21c2cc(-c3nc(-c4ccncc4)nc(-c4ccncc4)n3)ccc2-c2oc3ccccc3c21. The quantitative estimate of drug-likeness (QED) is 0.205. The number of aromatic nitrogens is 5. The highest BCUT2D eigenvalue weighted by Crippen LogP contribution is 2.65. The van der Waals surface area contributed by atoms with Gasteiger partial charge < -0.3 is 4.42 Å². The van der Waals surface area contributed by atoms with E-state index >= 15 is 0 Å². The largest absolute Gasteiger partial charge is 0.456 e. The van der Waals surface area contributed by atoms with Gasteiger partial charge in [-0.2, -0.15) is 0 Å². The molecule has 0 radical (unpaired) electrons. The summed E-state index contributed by atoms with van der Waals surface area (Å²) >= 11 is 0. The molecule has 0 saturated heterocycles. The van der Waals surface area contributed by atoms with E-state index in [0.29, 0.717) is 17.5 Å². The average Bonchev–Trinajstić information content (AvgIpc) is 3.75. The van der Waals surface area contributed by atoms with Gasteiger partial charge in [-0.1, -0.05) is 78.9 Å². The van der Waals surface area contributed by atoms with Crippen LogP contribution in [0.15, 0.2) is 144 Å². The van der Waals surface area contributed by atoms with E-state index < -0.39 is 5.41 Å². The molecule has 0 bridgehead atoms. The first-order valence-electron chi connectivity index (χ1n) is 15.2. The van der Waals surface area contributed by atoms with Gasteiger partial charge >= 0.3 is 0 Å². The number of fused-ring (bicyclic) bond motifs is 12. The van der Waals surface area contributed by atoms with Crippen molar-refractivity contribution >= 4 is 11.0 Å². The highest BCUT2D eigenvalue weighted by atomic mass is 16.3. The Bertz CT molecular complexity index is 2380. The first-order chi connectivity index (χ1) is 22.8. The minimum atomic E-state index is -0.560. The lowest BCUT2D eigenvalue weighted by molar-refractivity contribution is 0.628. The van der Waals surface area contributed by atoms with E-state index in [4.69, 9.17) is 19.4 Å². The average molecular weight is 590 g/mol. The standard InChI is InChI=1S/C40H23N5O/c1-4-10-31-27(7-1)28-8-2-5-11-32(28)40(31)33-23-26(13-14-29(33)36-35(40)30-9-3-6-12-34(30)46-36)39-44-37(24-15-19-41-20-16-24)43-38(45-39)25-17-21-42-22-18-25/h1-23H. The predicted octanol–water partition coefficient (Wildman–Crippen LogP) is 8.75.